The number of nitrogens with one attached hydrogen (secondary N) is 1. The van der Waals surface area contributed by atoms with Crippen LogP contribution < -0.4 is 0 Å². The lowest BCUT2D eigenvalue weighted by atomic mass is 9.85. The fourth-order valence-electron chi connectivity index (χ4n) is 1.69. The molecule has 84 valence electrons. The molecular weight excluding hydrogens is 192 g/mol. The largest absolute Gasteiger partial charge is 0.481 e. The number of hydrogen-bond donors (Lipinski definition) is 2. The van der Waals surface area contributed by atoms with Crippen molar-refractivity contribution in [3.05, 3.63) is 17.5 Å². The van der Waals surface area contributed by atoms with Crippen molar-refractivity contribution in [1.29, 1.82) is 0 Å². The second-order valence-electron chi connectivity index (χ2n) is 4.75. The highest BCUT2D eigenvalue weighted by atomic mass is 16.4. The Kier molecular flexibility index (Phi) is 3.17. The van der Waals surface area contributed by atoms with Crippen LogP contribution in [0.25, 0.3) is 0 Å². The second-order valence-corrected chi connectivity index (χ2v) is 4.75. The van der Waals surface area contributed by atoms with E-state index >= 15 is 0 Å². The molecule has 15 heavy (non-hydrogen) atoms. The van der Waals surface area contributed by atoms with E-state index in [1.165, 1.54) is 0 Å². The van der Waals surface area contributed by atoms with Crippen molar-refractivity contribution in [3.8, 4) is 0 Å². The molecule has 0 fully saturated rings. The van der Waals surface area contributed by atoms with Gasteiger partial charge in [-0.25, -0.2) is 0 Å². The van der Waals surface area contributed by atoms with Crippen molar-refractivity contribution in [2.24, 2.45) is 0 Å². The Morgan fingerprint density at radius 1 is 1.60 bits per heavy atom. The van der Waals surface area contributed by atoms with Gasteiger partial charge in [-0.05, 0) is 6.42 Å². The number of carboxylic acid groups (broad SMARTS) is 1. The molecule has 0 aliphatic rings. The predicted octanol–water partition coefficient (Wildman–Crippen LogP) is 2.29. The van der Waals surface area contributed by atoms with Gasteiger partial charge in [0.25, 0.3) is 0 Å². The van der Waals surface area contributed by atoms with E-state index in [0.29, 0.717) is 6.42 Å². The van der Waals surface area contributed by atoms with Crippen LogP contribution in [0.2, 0.25) is 0 Å². The van der Waals surface area contributed by atoms with Gasteiger partial charge in [-0.15, -0.1) is 0 Å². The Morgan fingerprint density at radius 3 is 2.60 bits per heavy atom. The number of hydrogen-bond acceptors (Lipinski definition) is 2. The lowest BCUT2D eigenvalue weighted by molar-refractivity contribution is -0.138. The summed E-state index contributed by atoms with van der Waals surface area (Å²) in [5, 5.41) is 15.9. The first-order chi connectivity index (χ1) is 6.88. The van der Waals surface area contributed by atoms with Gasteiger partial charge in [0.1, 0.15) is 0 Å². The van der Waals surface area contributed by atoms with Gasteiger partial charge in [0, 0.05) is 16.7 Å². The minimum absolute atomic E-state index is 0.102. The maximum atomic E-state index is 11.1. The van der Waals surface area contributed by atoms with Crippen LogP contribution in [0, 0.1) is 0 Å². The van der Waals surface area contributed by atoms with Crippen LogP contribution in [0.15, 0.2) is 6.20 Å². The Morgan fingerprint density at radius 2 is 2.20 bits per heavy atom. The fraction of sp³-hybridized carbons (Fsp3) is 0.636. The third-order valence-corrected chi connectivity index (χ3v) is 2.50. The number of H-pyrrole nitrogens is 1. The third-order valence-electron chi connectivity index (χ3n) is 2.50. The molecule has 0 radical (unpaired) electrons. The topological polar surface area (TPSA) is 66.0 Å². The minimum Gasteiger partial charge on any atom is -0.481 e. The molecule has 0 bridgehead atoms. The Balaban J connectivity index is 3.14. The monoisotopic (exact) mass is 210 g/mol. The maximum Gasteiger partial charge on any atom is 0.311 e. The molecule has 0 aliphatic heterocycles. The summed E-state index contributed by atoms with van der Waals surface area (Å²) in [6.45, 7) is 7.99. The number of carboxylic acids is 1. The Labute approximate surface area is 89.7 Å². The molecule has 1 rings (SSSR count). The first kappa shape index (κ1) is 11.8. The zero-order chi connectivity index (χ0) is 11.6. The number of rotatable bonds is 3. The first-order valence-electron chi connectivity index (χ1n) is 5.14. The highest BCUT2D eigenvalue weighted by Gasteiger charge is 2.27. The number of carbonyl (C=O) groups is 1. The van der Waals surface area contributed by atoms with Gasteiger partial charge in [0.15, 0.2) is 0 Å². The second kappa shape index (κ2) is 4.04. The molecule has 0 saturated heterocycles. The third kappa shape index (κ3) is 2.37. The molecule has 0 amide bonds. The average molecular weight is 210 g/mol. The van der Waals surface area contributed by atoms with E-state index in [1.54, 1.807) is 6.20 Å². The maximum absolute atomic E-state index is 11.1. The molecule has 1 aromatic rings. The highest BCUT2D eigenvalue weighted by Crippen LogP contribution is 2.30. The lowest BCUT2D eigenvalue weighted by Crippen LogP contribution is -2.19. The summed E-state index contributed by atoms with van der Waals surface area (Å²) in [4.78, 5) is 11.1. The van der Waals surface area contributed by atoms with Crippen LogP contribution in [0.5, 0.6) is 0 Å². The normalized spacial score (nSPS) is 13.9. The van der Waals surface area contributed by atoms with Crippen molar-refractivity contribution in [2.75, 3.05) is 0 Å². The summed E-state index contributed by atoms with van der Waals surface area (Å²) in [6, 6.07) is 0. The molecule has 4 nitrogen and oxygen atoms in total. The molecule has 0 saturated carbocycles. The van der Waals surface area contributed by atoms with Gasteiger partial charge in [-0.1, -0.05) is 27.7 Å². The molecule has 0 aliphatic carbocycles. The van der Waals surface area contributed by atoms with Crippen LogP contribution in [-0.4, -0.2) is 21.3 Å². The van der Waals surface area contributed by atoms with E-state index in [1.807, 2.05) is 27.7 Å². The van der Waals surface area contributed by atoms with Crippen molar-refractivity contribution in [3.63, 3.8) is 0 Å². The van der Waals surface area contributed by atoms with Crippen molar-refractivity contribution < 1.29 is 9.90 Å². The SMILES string of the molecule is CCC(C(=O)O)c1cn[nH]c1C(C)(C)C. The van der Waals surface area contributed by atoms with Gasteiger partial charge in [0.05, 0.1) is 12.1 Å². The number of nitrogens with zero attached hydrogens (tertiary/aromatic N) is 1. The summed E-state index contributed by atoms with van der Waals surface area (Å²) in [5.41, 5.74) is 1.61. The molecule has 0 spiro atoms. The highest BCUT2D eigenvalue weighted by molar-refractivity contribution is 5.76. The van der Waals surface area contributed by atoms with Crippen molar-refractivity contribution in [1.82, 2.24) is 10.2 Å². The standard InChI is InChI=1S/C11H18N2O2/c1-5-7(10(14)15)8-6-12-13-9(8)11(2,3)4/h6-7H,5H2,1-4H3,(H,12,13)(H,14,15). The van der Waals surface area contributed by atoms with Gasteiger partial charge >= 0.3 is 5.97 Å². The van der Waals surface area contributed by atoms with Gasteiger partial charge in [-0.2, -0.15) is 5.10 Å². The molecule has 0 aromatic carbocycles. The number of aromatic nitrogens is 2. The quantitative estimate of drug-likeness (QED) is 0.804. The predicted molar refractivity (Wildman–Crippen MR) is 58.0 cm³/mol. The summed E-state index contributed by atoms with van der Waals surface area (Å²) in [7, 11) is 0. The van der Waals surface area contributed by atoms with Crippen LogP contribution in [0.4, 0.5) is 0 Å². The van der Waals surface area contributed by atoms with Crippen LogP contribution in [0.3, 0.4) is 0 Å². The van der Waals surface area contributed by atoms with E-state index < -0.39 is 11.9 Å². The molecule has 1 heterocycles. The van der Waals surface area contributed by atoms with E-state index in [2.05, 4.69) is 10.2 Å². The van der Waals surface area contributed by atoms with Crippen LogP contribution in [-0.2, 0) is 10.2 Å². The van der Waals surface area contributed by atoms with E-state index in [4.69, 9.17) is 5.11 Å². The van der Waals surface area contributed by atoms with Gasteiger partial charge < -0.3 is 5.11 Å². The Hall–Kier alpha value is -1.32. The average Bonchev–Trinajstić information content (AvgIpc) is 2.52. The fourth-order valence-corrected chi connectivity index (χ4v) is 1.69. The lowest BCUT2D eigenvalue weighted by Gasteiger charge is -2.20. The summed E-state index contributed by atoms with van der Waals surface area (Å²) >= 11 is 0. The zero-order valence-corrected chi connectivity index (χ0v) is 9.66. The summed E-state index contributed by atoms with van der Waals surface area (Å²) in [6.07, 6.45) is 2.21. The minimum atomic E-state index is -0.788. The van der Waals surface area contributed by atoms with Gasteiger partial charge in [0.2, 0.25) is 0 Å². The van der Waals surface area contributed by atoms with Crippen LogP contribution >= 0.6 is 0 Å². The molecule has 1 aromatic heterocycles. The number of aromatic amines is 1. The van der Waals surface area contributed by atoms with E-state index in [-0.39, 0.29) is 5.41 Å². The molecule has 1 unspecified atom stereocenters. The molecule has 1 atom stereocenters. The molecule has 2 N–H and O–H groups in total. The molecule has 4 heteroatoms. The van der Waals surface area contributed by atoms with E-state index in [9.17, 15) is 4.79 Å². The summed E-state index contributed by atoms with van der Waals surface area (Å²) < 4.78 is 0. The molecular formula is C11H18N2O2. The zero-order valence-electron chi connectivity index (χ0n) is 9.66. The summed E-state index contributed by atoms with van der Waals surface area (Å²) in [5.74, 6) is -1.25. The van der Waals surface area contributed by atoms with Crippen molar-refractivity contribution >= 4 is 5.97 Å². The smallest absolute Gasteiger partial charge is 0.311 e. The van der Waals surface area contributed by atoms with Crippen molar-refractivity contribution in [2.45, 2.75) is 45.4 Å². The van der Waals surface area contributed by atoms with E-state index in [0.717, 1.165) is 11.3 Å². The van der Waals surface area contributed by atoms with Gasteiger partial charge in [-0.3, -0.25) is 9.89 Å². The number of aliphatic carboxylic acids is 1. The Bertz CT molecular complexity index is 350. The first-order valence-corrected chi connectivity index (χ1v) is 5.14. The van der Waals surface area contributed by atoms with Crippen LogP contribution in [0.1, 0.15) is 51.3 Å².